The minimum atomic E-state index is 0. The number of hydrogen-bond acceptors (Lipinski definition) is 2. The molecule has 2 aliphatic rings. The summed E-state index contributed by atoms with van der Waals surface area (Å²) in [4.78, 5) is 0. The topological polar surface area (TPSA) is 24.1 Å². The summed E-state index contributed by atoms with van der Waals surface area (Å²) in [6, 6.07) is 0. The maximum absolute atomic E-state index is 3.42. The zero-order valence-corrected chi connectivity index (χ0v) is 5.74. The van der Waals surface area contributed by atoms with Crippen molar-refractivity contribution in [3.05, 3.63) is 0 Å². The van der Waals surface area contributed by atoms with E-state index in [2.05, 4.69) is 10.6 Å². The summed E-state index contributed by atoms with van der Waals surface area (Å²) in [5, 5.41) is 6.83. The zero-order chi connectivity index (χ0) is 6.16. The van der Waals surface area contributed by atoms with E-state index < -0.39 is 0 Å². The number of rotatable bonds is 0. The predicted octanol–water partition coefficient (Wildman–Crippen LogP) is 0.596. The molecule has 0 atom stereocenters. The van der Waals surface area contributed by atoms with Crippen LogP contribution in [0.2, 0.25) is 0 Å². The van der Waals surface area contributed by atoms with E-state index in [-0.39, 0.29) is 7.43 Å². The molecule has 0 aromatic rings. The highest BCUT2D eigenvalue weighted by molar-refractivity contribution is 4.93. The van der Waals surface area contributed by atoms with Crippen LogP contribution in [0.5, 0.6) is 0 Å². The average molecular weight is 142 g/mol. The van der Waals surface area contributed by atoms with Crippen LogP contribution in [0.3, 0.4) is 0 Å². The first-order chi connectivity index (χ1) is 4.41. The maximum atomic E-state index is 3.42. The first-order valence-electron chi connectivity index (χ1n) is 3.83. The molecule has 2 aliphatic heterocycles. The predicted molar refractivity (Wildman–Crippen MR) is 44.1 cm³/mol. The quantitative estimate of drug-likeness (QED) is 0.517. The van der Waals surface area contributed by atoms with Crippen LogP contribution in [0.1, 0.15) is 20.3 Å². The lowest BCUT2D eigenvalue weighted by atomic mass is 9.87. The highest BCUT2D eigenvalue weighted by Gasteiger charge is 2.35. The highest BCUT2D eigenvalue weighted by atomic mass is 15.0. The van der Waals surface area contributed by atoms with Gasteiger partial charge in [-0.1, -0.05) is 7.43 Å². The first-order valence-corrected chi connectivity index (χ1v) is 3.83. The minimum absolute atomic E-state index is 0. The second-order valence-corrected chi connectivity index (χ2v) is 3.35. The van der Waals surface area contributed by atoms with E-state index in [1.54, 1.807) is 0 Å². The van der Waals surface area contributed by atoms with Gasteiger partial charge in [0.2, 0.25) is 0 Å². The Morgan fingerprint density at radius 3 is 1.70 bits per heavy atom. The molecular formula is C8H18N2. The molecule has 60 valence electrons. The monoisotopic (exact) mass is 142 g/mol. The highest BCUT2D eigenvalue weighted by Crippen LogP contribution is 2.31. The van der Waals surface area contributed by atoms with Crippen LogP contribution < -0.4 is 10.6 Å². The molecular weight excluding hydrogens is 124 g/mol. The molecule has 0 bridgehead atoms. The van der Waals surface area contributed by atoms with Crippen molar-refractivity contribution in [1.29, 1.82) is 0 Å². The van der Waals surface area contributed by atoms with Crippen LogP contribution >= 0.6 is 0 Å². The van der Waals surface area contributed by atoms with Crippen molar-refractivity contribution in [3.8, 4) is 0 Å². The van der Waals surface area contributed by atoms with Gasteiger partial charge in [0.15, 0.2) is 0 Å². The molecule has 0 aliphatic carbocycles. The zero-order valence-electron chi connectivity index (χ0n) is 5.74. The first kappa shape index (κ1) is 8.02. The minimum Gasteiger partial charge on any atom is -0.316 e. The van der Waals surface area contributed by atoms with Crippen LogP contribution in [-0.4, -0.2) is 26.2 Å². The third kappa shape index (κ3) is 1.18. The van der Waals surface area contributed by atoms with Gasteiger partial charge in [-0.15, -0.1) is 0 Å². The standard InChI is InChI=1S/C7H14N2.CH4/c1-3-8-5-7(1)2-4-9-6-7;/h8-9H,1-6H2;1H4. The van der Waals surface area contributed by atoms with Crippen LogP contribution in [0.4, 0.5) is 0 Å². The van der Waals surface area contributed by atoms with Crippen molar-refractivity contribution in [2.45, 2.75) is 20.3 Å². The molecule has 0 amide bonds. The van der Waals surface area contributed by atoms with Gasteiger partial charge < -0.3 is 10.6 Å². The third-order valence-electron chi connectivity index (χ3n) is 2.66. The van der Waals surface area contributed by atoms with E-state index in [0.717, 1.165) is 0 Å². The van der Waals surface area contributed by atoms with Gasteiger partial charge in [0.05, 0.1) is 0 Å². The molecule has 2 rings (SSSR count). The van der Waals surface area contributed by atoms with E-state index in [4.69, 9.17) is 0 Å². The molecule has 2 N–H and O–H groups in total. The van der Waals surface area contributed by atoms with Crippen molar-refractivity contribution < 1.29 is 0 Å². The second kappa shape index (κ2) is 2.89. The van der Waals surface area contributed by atoms with Crippen molar-refractivity contribution in [2.24, 2.45) is 5.41 Å². The molecule has 10 heavy (non-hydrogen) atoms. The summed E-state index contributed by atoms with van der Waals surface area (Å²) in [5.41, 5.74) is 0.667. The number of hydrogen-bond donors (Lipinski definition) is 2. The lowest BCUT2D eigenvalue weighted by Gasteiger charge is -2.18. The molecule has 0 aromatic carbocycles. The molecule has 0 aromatic heterocycles. The van der Waals surface area contributed by atoms with Crippen LogP contribution in [0.25, 0.3) is 0 Å². The van der Waals surface area contributed by atoms with Gasteiger partial charge in [0, 0.05) is 13.1 Å². The van der Waals surface area contributed by atoms with Crippen LogP contribution in [0.15, 0.2) is 0 Å². The van der Waals surface area contributed by atoms with Crippen LogP contribution in [0, 0.1) is 5.41 Å². The summed E-state index contributed by atoms with van der Waals surface area (Å²) < 4.78 is 0. The second-order valence-electron chi connectivity index (χ2n) is 3.35. The van der Waals surface area contributed by atoms with Gasteiger partial charge in [-0.25, -0.2) is 0 Å². The molecule has 1 spiro atoms. The molecule has 0 radical (unpaired) electrons. The number of nitrogens with one attached hydrogen (secondary N) is 2. The molecule has 0 saturated carbocycles. The fourth-order valence-electron chi connectivity index (χ4n) is 1.96. The molecule has 2 heterocycles. The Labute approximate surface area is 63.4 Å². The van der Waals surface area contributed by atoms with Gasteiger partial charge in [0.1, 0.15) is 0 Å². The van der Waals surface area contributed by atoms with Gasteiger partial charge >= 0.3 is 0 Å². The molecule has 0 unspecified atom stereocenters. The van der Waals surface area contributed by atoms with E-state index in [0.29, 0.717) is 5.41 Å². The Balaban J connectivity index is 0.000000500. The van der Waals surface area contributed by atoms with Gasteiger partial charge in [-0.2, -0.15) is 0 Å². The van der Waals surface area contributed by atoms with Gasteiger partial charge in [0.25, 0.3) is 0 Å². The molecule has 2 saturated heterocycles. The van der Waals surface area contributed by atoms with Crippen molar-refractivity contribution in [3.63, 3.8) is 0 Å². The maximum Gasteiger partial charge on any atom is 0.00209 e. The summed E-state index contributed by atoms with van der Waals surface area (Å²) in [6.07, 6.45) is 2.78. The SMILES string of the molecule is C.C1CC2(CCNC2)CN1. The third-order valence-corrected chi connectivity index (χ3v) is 2.66. The Hall–Kier alpha value is -0.0800. The average Bonchev–Trinajstić information content (AvgIpc) is 2.45. The Kier molecular flexibility index (Phi) is 2.32. The van der Waals surface area contributed by atoms with Crippen molar-refractivity contribution in [2.75, 3.05) is 26.2 Å². The van der Waals surface area contributed by atoms with Crippen molar-refractivity contribution >= 4 is 0 Å². The van der Waals surface area contributed by atoms with E-state index in [1.807, 2.05) is 0 Å². The lowest BCUT2D eigenvalue weighted by molar-refractivity contribution is 0.365. The van der Waals surface area contributed by atoms with Gasteiger partial charge in [-0.05, 0) is 31.3 Å². The Morgan fingerprint density at radius 2 is 1.40 bits per heavy atom. The fourth-order valence-corrected chi connectivity index (χ4v) is 1.96. The van der Waals surface area contributed by atoms with Gasteiger partial charge in [-0.3, -0.25) is 0 Å². The van der Waals surface area contributed by atoms with E-state index >= 15 is 0 Å². The molecule has 2 heteroatoms. The summed E-state index contributed by atoms with van der Waals surface area (Å²) in [5.74, 6) is 0. The fraction of sp³-hybridized carbons (Fsp3) is 1.00. The van der Waals surface area contributed by atoms with Crippen LogP contribution in [-0.2, 0) is 0 Å². The summed E-state index contributed by atoms with van der Waals surface area (Å²) >= 11 is 0. The largest absolute Gasteiger partial charge is 0.316 e. The molecule has 2 nitrogen and oxygen atoms in total. The lowest BCUT2D eigenvalue weighted by Crippen LogP contribution is -2.26. The Bertz CT molecular complexity index is 82.3. The van der Waals surface area contributed by atoms with Crippen molar-refractivity contribution in [1.82, 2.24) is 10.6 Å². The molecule has 2 fully saturated rings. The summed E-state index contributed by atoms with van der Waals surface area (Å²) in [6.45, 7) is 4.98. The van der Waals surface area contributed by atoms with E-state index in [9.17, 15) is 0 Å². The smallest absolute Gasteiger partial charge is 0.00209 e. The normalized spacial score (nSPS) is 28.8. The van der Waals surface area contributed by atoms with E-state index in [1.165, 1.54) is 39.0 Å². The summed E-state index contributed by atoms with van der Waals surface area (Å²) in [7, 11) is 0. The Morgan fingerprint density at radius 1 is 0.900 bits per heavy atom.